The third kappa shape index (κ3) is 2.26. The van der Waals surface area contributed by atoms with E-state index in [4.69, 9.17) is 0 Å². The number of nitrogens with zero attached hydrogens (tertiary/aromatic N) is 2. The van der Waals surface area contributed by atoms with E-state index in [-0.39, 0.29) is 11.7 Å². The molecule has 4 aliphatic carbocycles. The molecule has 0 spiro atoms. The number of hydrogen-bond donors (Lipinski definition) is 0. The van der Waals surface area contributed by atoms with E-state index in [1.165, 1.54) is 32.1 Å². The van der Waals surface area contributed by atoms with Gasteiger partial charge in [-0.1, -0.05) is 31.2 Å². The van der Waals surface area contributed by atoms with Crippen LogP contribution in [-0.2, 0) is 4.79 Å². The zero-order chi connectivity index (χ0) is 20.1. The van der Waals surface area contributed by atoms with Gasteiger partial charge in [0.1, 0.15) is 11.4 Å². The summed E-state index contributed by atoms with van der Waals surface area (Å²) in [6.07, 6.45) is 6.39. The summed E-state index contributed by atoms with van der Waals surface area (Å²) in [6.45, 7) is 6.46. The van der Waals surface area contributed by atoms with Gasteiger partial charge >= 0.3 is 0 Å². The van der Waals surface area contributed by atoms with Crippen LogP contribution < -0.4 is 5.01 Å². The minimum absolute atomic E-state index is 0.205. The molecule has 152 valence electrons. The van der Waals surface area contributed by atoms with Gasteiger partial charge < -0.3 is 0 Å². The van der Waals surface area contributed by atoms with E-state index < -0.39 is 5.54 Å². The maximum absolute atomic E-state index is 14.5. The highest BCUT2D eigenvalue weighted by Gasteiger charge is 2.63. The second-order valence-electron chi connectivity index (χ2n) is 10.9. The molecule has 1 heterocycles. The number of hydrogen-bond acceptors (Lipinski definition) is 2. The summed E-state index contributed by atoms with van der Waals surface area (Å²) in [7, 11) is 0. The van der Waals surface area contributed by atoms with Gasteiger partial charge in [0.05, 0.1) is 11.7 Å². The van der Waals surface area contributed by atoms with E-state index in [0.29, 0.717) is 28.7 Å². The van der Waals surface area contributed by atoms with Gasteiger partial charge in [-0.05, 0) is 81.3 Å². The number of halogens is 1. The van der Waals surface area contributed by atoms with Crippen LogP contribution in [0.25, 0.3) is 10.8 Å². The SMILES string of the molecule is CC1(C)C(=O)N([C@H]2C3CC4CC2C[C@](C)(C4)C3)N1c1ccc(F)c2ccccc12. The van der Waals surface area contributed by atoms with Crippen LogP contribution >= 0.6 is 0 Å². The number of fused-ring (bicyclic) bond motifs is 1. The molecule has 0 N–H and O–H groups in total. The highest BCUT2D eigenvalue weighted by molar-refractivity contribution is 6.03. The topological polar surface area (TPSA) is 23.6 Å². The Balaban J connectivity index is 1.45. The fourth-order valence-electron chi connectivity index (χ4n) is 7.61. The molecule has 2 aromatic carbocycles. The number of hydrazine groups is 1. The predicted molar refractivity (Wildman–Crippen MR) is 113 cm³/mol. The minimum Gasteiger partial charge on any atom is -0.270 e. The molecule has 1 amide bonds. The van der Waals surface area contributed by atoms with E-state index >= 15 is 0 Å². The first-order chi connectivity index (χ1) is 13.8. The number of carbonyl (C=O) groups is 1. The summed E-state index contributed by atoms with van der Waals surface area (Å²) in [4.78, 5) is 13.4. The van der Waals surface area contributed by atoms with Crippen LogP contribution in [0, 0.1) is 29.0 Å². The number of benzene rings is 2. The van der Waals surface area contributed by atoms with Crippen molar-refractivity contribution in [3.05, 3.63) is 42.2 Å². The minimum atomic E-state index is -0.598. The first-order valence-electron chi connectivity index (χ1n) is 11.1. The summed E-state index contributed by atoms with van der Waals surface area (Å²) in [5.41, 5.74) is 0.829. The lowest BCUT2D eigenvalue weighted by Crippen LogP contribution is -2.80. The van der Waals surface area contributed by atoms with E-state index in [2.05, 4.69) is 16.9 Å². The van der Waals surface area contributed by atoms with Crippen molar-refractivity contribution in [3.63, 3.8) is 0 Å². The molecular formula is C25H29FN2O. The molecule has 7 rings (SSSR count). The summed E-state index contributed by atoms with van der Waals surface area (Å²) < 4.78 is 14.5. The lowest BCUT2D eigenvalue weighted by atomic mass is 9.48. The first-order valence-corrected chi connectivity index (χ1v) is 11.1. The van der Waals surface area contributed by atoms with Crippen molar-refractivity contribution in [1.82, 2.24) is 5.01 Å². The number of carbonyl (C=O) groups excluding carboxylic acids is 1. The molecule has 1 saturated heterocycles. The first kappa shape index (κ1) is 17.7. The monoisotopic (exact) mass is 392 g/mol. The Morgan fingerprint density at radius 3 is 2.24 bits per heavy atom. The Morgan fingerprint density at radius 1 is 0.931 bits per heavy atom. The number of rotatable bonds is 2. The third-order valence-corrected chi connectivity index (χ3v) is 8.36. The molecule has 2 unspecified atom stereocenters. The van der Waals surface area contributed by atoms with E-state index in [1.807, 2.05) is 44.2 Å². The third-order valence-electron chi connectivity index (χ3n) is 8.36. The zero-order valence-corrected chi connectivity index (χ0v) is 17.5. The van der Waals surface area contributed by atoms with Gasteiger partial charge in [-0.2, -0.15) is 0 Å². The van der Waals surface area contributed by atoms with Crippen molar-refractivity contribution in [2.45, 2.75) is 64.5 Å². The maximum atomic E-state index is 14.5. The Bertz CT molecular complexity index is 1010. The molecule has 0 aromatic heterocycles. The molecule has 2 aromatic rings. The number of amides is 1. The van der Waals surface area contributed by atoms with Crippen LogP contribution in [0.5, 0.6) is 0 Å². The Hall–Kier alpha value is -2.10. The lowest BCUT2D eigenvalue weighted by Gasteiger charge is -2.67. The molecular weight excluding hydrogens is 363 g/mol. The number of anilines is 1. The van der Waals surface area contributed by atoms with Crippen LogP contribution in [0.3, 0.4) is 0 Å². The summed E-state index contributed by atoms with van der Waals surface area (Å²) in [5.74, 6) is 2.05. The molecule has 4 bridgehead atoms. The van der Waals surface area contributed by atoms with Gasteiger partial charge in [0, 0.05) is 10.8 Å². The van der Waals surface area contributed by atoms with Crippen molar-refractivity contribution >= 4 is 22.4 Å². The maximum Gasteiger partial charge on any atom is 0.268 e. The average molecular weight is 393 g/mol. The van der Waals surface area contributed by atoms with Crippen LogP contribution in [-0.4, -0.2) is 22.5 Å². The predicted octanol–water partition coefficient (Wildman–Crippen LogP) is 5.54. The molecule has 29 heavy (non-hydrogen) atoms. The van der Waals surface area contributed by atoms with Crippen molar-refractivity contribution in [2.24, 2.45) is 23.2 Å². The standard InChI is InChI=1S/C25H29FN2O/c1-24(2)23(29)27(22-16-10-15-11-17(22)14-25(3,12-15)13-16)28(24)21-9-8-20(26)18-6-4-5-7-19(18)21/h4-9,15-17,22H,10-14H2,1-3H3/t15?,16?,17?,22-,25+. The second kappa shape index (κ2) is 5.53. The van der Waals surface area contributed by atoms with Gasteiger partial charge in [-0.25, -0.2) is 9.40 Å². The molecule has 0 radical (unpaired) electrons. The van der Waals surface area contributed by atoms with Crippen molar-refractivity contribution in [1.29, 1.82) is 0 Å². The average Bonchev–Trinajstić information content (AvgIpc) is 2.67. The summed E-state index contributed by atoms with van der Waals surface area (Å²) >= 11 is 0. The molecule has 4 heteroatoms. The van der Waals surface area contributed by atoms with Crippen LogP contribution in [0.2, 0.25) is 0 Å². The van der Waals surface area contributed by atoms with Crippen LogP contribution in [0.1, 0.15) is 52.9 Å². The molecule has 4 saturated carbocycles. The smallest absolute Gasteiger partial charge is 0.268 e. The quantitative estimate of drug-likeness (QED) is 0.670. The van der Waals surface area contributed by atoms with Crippen molar-refractivity contribution in [3.8, 4) is 0 Å². The normalized spacial score (nSPS) is 37.3. The van der Waals surface area contributed by atoms with Crippen LogP contribution in [0.4, 0.5) is 10.1 Å². The van der Waals surface area contributed by atoms with Gasteiger partial charge in [0.15, 0.2) is 0 Å². The highest BCUT2D eigenvalue weighted by atomic mass is 19.1. The zero-order valence-electron chi connectivity index (χ0n) is 17.5. The van der Waals surface area contributed by atoms with Gasteiger partial charge in [0.25, 0.3) is 5.91 Å². The molecule has 3 nitrogen and oxygen atoms in total. The van der Waals surface area contributed by atoms with Crippen molar-refractivity contribution < 1.29 is 9.18 Å². The summed E-state index contributed by atoms with van der Waals surface area (Å²) in [5, 5.41) is 5.77. The molecule has 1 aliphatic heterocycles. The summed E-state index contributed by atoms with van der Waals surface area (Å²) in [6, 6.07) is 11.3. The van der Waals surface area contributed by atoms with E-state index in [0.717, 1.165) is 17.0 Å². The molecule has 2 atom stereocenters. The van der Waals surface area contributed by atoms with Gasteiger partial charge in [0.2, 0.25) is 0 Å². The van der Waals surface area contributed by atoms with Crippen molar-refractivity contribution in [2.75, 3.05) is 5.01 Å². The second-order valence-corrected chi connectivity index (χ2v) is 10.9. The fraction of sp³-hybridized carbons (Fsp3) is 0.560. The fourth-order valence-corrected chi connectivity index (χ4v) is 7.61. The Labute approximate surface area is 171 Å². The molecule has 5 aliphatic rings. The highest BCUT2D eigenvalue weighted by Crippen LogP contribution is 2.62. The Kier molecular flexibility index (Phi) is 3.38. The largest absolute Gasteiger partial charge is 0.270 e. The van der Waals surface area contributed by atoms with Gasteiger partial charge in [-0.15, -0.1) is 0 Å². The van der Waals surface area contributed by atoms with Crippen LogP contribution in [0.15, 0.2) is 36.4 Å². The Morgan fingerprint density at radius 2 is 1.59 bits per heavy atom. The molecule has 5 fully saturated rings. The van der Waals surface area contributed by atoms with Gasteiger partial charge in [-0.3, -0.25) is 9.80 Å². The van der Waals surface area contributed by atoms with E-state index in [1.54, 1.807) is 6.07 Å². The lowest BCUT2D eigenvalue weighted by molar-refractivity contribution is -0.176. The van der Waals surface area contributed by atoms with E-state index in [9.17, 15) is 9.18 Å².